The number of hydrogen-bond donors (Lipinski definition) is 1. The summed E-state index contributed by atoms with van der Waals surface area (Å²) in [6.45, 7) is 4.00. The molecular formula is C23H22O5. The fourth-order valence-corrected chi connectivity index (χ4v) is 4.00. The van der Waals surface area contributed by atoms with Gasteiger partial charge in [0.25, 0.3) is 0 Å². The lowest BCUT2D eigenvalue weighted by atomic mass is 9.99. The van der Waals surface area contributed by atoms with E-state index in [9.17, 15) is 14.7 Å². The van der Waals surface area contributed by atoms with Crippen molar-refractivity contribution in [1.82, 2.24) is 0 Å². The second-order valence-corrected chi connectivity index (χ2v) is 7.04. The molecule has 1 aromatic heterocycles. The van der Waals surface area contributed by atoms with E-state index in [0.717, 1.165) is 6.42 Å². The summed E-state index contributed by atoms with van der Waals surface area (Å²) in [5.41, 5.74) is 1.97. The highest BCUT2D eigenvalue weighted by molar-refractivity contribution is 5.96. The maximum absolute atomic E-state index is 13.3. The van der Waals surface area contributed by atoms with Gasteiger partial charge in [0.2, 0.25) is 11.2 Å². The van der Waals surface area contributed by atoms with Gasteiger partial charge in [0.15, 0.2) is 5.76 Å². The van der Waals surface area contributed by atoms with Crippen LogP contribution in [0.15, 0.2) is 51.7 Å². The van der Waals surface area contributed by atoms with Gasteiger partial charge in [-0.3, -0.25) is 4.79 Å². The Bertz CT molecular complexity index is 1100. The minimum Gasteiger partial charge on any atom is -0.487 e. The molecule has 0 aliphatic heterocycles. The standard InChI is InChI=1S/C23H22O5/c1-3-14-15(23(25)26)10-11-18-19(14)20(24)22(27-4-2)21(28-18)17-12-16(17)13-8-6-5-7-9-13/h5-11,16-17H,3-4,12H2,1-2H3,(H,25,26). The Morgan fingerprint density at radius 1 is 1.14 bits per heavy atom. The van der Waals surface area contributed by atoms with Gasteiger partial charge in [0.1, 0.15) is 5.58 Å². The maximum Gasteiger partial charge on any atom is 0.335 e. The van der Waals surface area contributed by atoms with Crippen LogP contribution in [0.2, 0.25) is 0 Å². The number of hydrogen-bond acceptors (Lipinski definition) is 4. The van der Waals surface area contributed by atoms with Gasteiger partial charge in [0.05, 0.1) is 17.6 Å². The minimum atomic E-state index is -1.05. The third kappa shape index (κ3) is 2.97. The highest BCUT2D eigenvalue weighted by Gasteiger charge is 2.44. The summed E-state index contributed by atoms with van der Waals surface area (Å²) in [7, 11) is 0. The maximum atomic E-state index is 13.3. The van der Waals surface area contributed by atoms with Crippen LogP contribution in [-0.2, 0) is 6.42 Å². The monoisotopic (exact) mass is 378 g/mol. The molecule has 144 valence electrons. The summed E-state index contributed by atoms with van der Waals surface area (Å²) in [6.07, 6.45) is 1.32. The van der Waals surface area contributed by atoms with Gasteiger partial charge in [-0.25, -0.2) is 4.79 Å². The zero-order chi connectivity index (χ0) is 19.8. The van der Waals surface area contributed by atoms with E-state index in [1.807, 2.05) is 32.0 Å². The van der Waals surface area contributed by atoms with Crippen molar-refractivity contribution in [2.45, 2.75) is 38.5 Å². The molecule has 1 heterocycles. The average Bonchev–Trinajstić information content (AvgIpc) is 3.50. The molecule has 28 heavy (non-hydrogen) atoms. The molecule has 0 amide bonds. The highest BCUT2D eigenvalue weighted by atomic mass is 16.5. The first-order valence-corrected chi connectivity index (χ1v) is 9.60. The molecule has 1 aliphatic rings. The number of carbonyl (C=O) groups is 1. The summed E-state index contributed by atoms with van der Waals surface area (Å²) in [5.74, 6) is 0.121. The molecule has 1 fully saturated rings. The average molecular weight is 378 g/mol. The van der Waals surface area contributed by atoms with Gasteiger partial charge in [-0.15, -0.1) is 0 Å². The first kappa shape index (κ1) is 18.3. The first-order valence-electron chi connectivity index (χ1n) is 9.60. The summed E-state index contributed by atoms with van der Waals surface area (Å²) in [5, 5.41) is 9.78. The van der Waals surface area contributed by atoms with Crippen molar-refractivity contribution in [1.29, 1.82) is 0 Å². The summed E-state index contributed by atoms with van der Waals surface area (Å²) < 4.78 is 11.9. The van der Waals surface area contributed by atoms with E-state index in [1.54, 1.807) is 6.07 Å². The lowest BCUT2D eigenvalue weighted by molar-refractivity contribution is 0.0696. The molecule has 4 rings (SSSR count). The topological polar surface area (TPSA) is 76.7 Å². The van der Waals surface area contributed by atoms with Crippen LogP contribution in [-0.4, -0.2) is 17.7 Å². The fraction of sp³-hybridized carbons (Fsp3) is 0.304. The molecule has 1 aliphatic carbocycles. The third-order valence-electron chi connectivity index (χ3n) is 5.38. The SMILES string of the molecule is CCOc1c(C2CC2c2ccccc2)oc2ccc(C(=O)O)c(CC)c2c1=O. The number of fused-ring (bicyclic) bond motifs is 1. The van der Waals surface area contributed by atoms with Crippen LogP contribution in [0, 0.1) is 0 Å². The molecule has 2 aromatic carbocycles. The van der Waals surface area contributed by atoms with Gasteiger partial charge < -0.3 is 14.3 Å². The molecule has 2 unspecified atom stereocenters. The first-order chi connectivity index (χ1) is 13.6. The lowest BCUT2D eigenvalue weighted by Crippen LogP contribution is -2.14. The Balaban J connectivity index is 1.89. The van der Waals surface area contributed by atoms with E-state index in [-0.39, 0.29) is 22.7 Å². The van der Waals surface area contributed by atoms with Crippen molar-refractivity contribution in [3.63, 3.8) is 0 Å². The quantitative estimate of drug-likeness (QED) is 0.671. The van der Waals surface area contributed by atoms with Crippen molar-refractivity contribution < 1.29 is 19.1 Å². The smallest absolute Gasteiger partial charge is 0.335 e. The molecule has 2 atom stereocenters. The fourth-order valence-electron chi connectivity index (χ4n) is 4.00. The zero-order valence-corrected chi connectivity index (χ0v) is 15.9. The van der Waals surface area contributed by atoms with Crippen LogP contribution in [0.1, 0.15) is 59.3 Å². The number of benzene rings is 2. The minimum absolute atomic E-state index is 0.0882. The van der Waals surface area contributed by atoms with E-state index in [1.165, 1.54) is 11.6 Å². The molecule has 0 saturated heterocycles. The third-order valence-corrected chi connectivity index (χ3v) is 5.38. The van der Waals surface area contributed by atoms with Crippen LogP contribution in [0.5, 0.6) is 5.75 Å². The van der Waals surface area contributed by atoms with Gasteiger partial charge in [-0.2, -0.15) is 0 Å². The number of ether oxygens (including phenoxy) is 1. The zero-order valence-electron chi connectivity index (χ0n) is 15.9. The number of carboxylic acids is 1. The number of carboxylic acid groups (broad SMARTS) is 1. The molecule has 1 N–H and O–H groups in total. The molecule has 0 bridgehead atoms. The molecule has 0 radical (unpaired) electrons. The normalized spacial score (nSPS) is 18.2. The number of rotatable bonds is 6. The summed E-state index contributed by atoms with van der Waals surface area (Å²) in [4.78, 5) is 24.9. The molecule has 3 aromatic rings. The van der Waals surface area contributed by atoms with Crippen molar-refractivity contribution in [2.24, 2.45) is 0 Å². The lowest BCUT2D eigenvalue weighted by Gasteiger charge is -2.13. The molecular weight excluding hydrogens is 356 g/mol. The predicted molar refractivity (Wildman–Crippen MR) is 107 cm³/mol. The highest BCUT2D eigenvalue weighted by Crippen LogP contribution is 2.56. The summed E-state index contributed by atoms with van der Waals surface area (Å²) in [6, 6.07) is 13.2. The van der Waals surface area contributed by atoms with Crippen LogP contribution in [0.25, 0.3) is 11.0 Å². The van der Waals surface area contributed by atoms with E-state index in [4.69, 9.17) is 9.15 Å². The number of aromatic carboxylic acids is 1. The number of aryl methyl sites for hydroxylation is 1. The Morgan fingerprint density at radius 3 is 2.54 bits per heavy atom. The van der Waals surface area contributed by atoms with Crippen LogP contribution in [0.3, 0.4) is 0 Å². The van der Waals surface area contributed by atoms with E-state index >= 15 is 0 Å². The van der Waals surface area contributed by atoms with Crippen LogP contribution in [0.4, 0.5) is 0 Å². The predicted octanol–water partition coefficient (Wildman–Crippen LogP) is 4.72. The second kappa shape index (κ2) is 7.15. The molecule has 5 nitrogen and oxygen atoms in total. The Labute approximate surface area is 162 Å². The Hall–Kier alpha value is -3.08. The van der Waals surface area contributed by atoms with Crippen LogP contribution < -0.4 is 10.2 Å². The van der Waals surface area contributed by atoms with E-state index < -0.39 is 5.97 Å². The van der Waals surface area contributed by atoms with E-state index in [0.29, 0.717) is 41.2 Å². The largest absolute Gasteiger partial charge is 0.487 e. The van der Waals surface area contributed by atoms with Crippen molar-refractivity contribution >= 4 is 16.9 Å². The summed E-state index contributed by atoms with van der Waals surface area (Å²) >= 11 is 0. The van der Waals surface area contributed by atoms with Crippen molar-refractivity contribution in [2.75, 3.05) is 6.61 Å². The van der Waals surface area contributed by atoms with Crippen molar-refractivity contribution in [3.05, 3.63) is 75.1 Å². The second-order valence-electron chi connectivity index (χ2n) is 7.04. The van der Waals surface area contributed by atoms with Gasteiger partial charge >= 0.3 is 5.97 Å². The van der Waals surface area contributed by atoms with Crippen LogP contribution >= 0.6 is 0 Å². The van der Waals surface area contributed by atoms with E-state index in [2.05, 4.69) is 12.1 Å². The Kier molecular flexibility index (Phi) is 4.67. The molecule has 0 spiro atoms. The Morgan fingerprint density at radius 2 is 1.89 bits per heavy atom. The van der Waals surface area contributed by atoms with Crippen molar-refractivity contribution in [3.8, 4) is 5.75 Å². The van der Waals surface area contributed by atoms with Gasteiger partial charge in [-0.1, -0.05) is 37.3 Å². The van der Waals surface area contributed by atoms with Gasteiger partial charge in [0, 0.05) is 5.92 Å². The van der Waals surface area contributed by atoms with Gasteiger partial charge in [-0.05, 0) is 48.9 Å². The molecule has 1 saturated carbocycles. The molecule has 5 heteroatoms.